The van der Waals surface area contributed by atoms with Gasteiger partial charge in [0.15, 0.2) is 0 Å². The van der Waals surface area contributed by atoms with Crippen LogP contribution in [-0.2, 0) is 0 Å². The minimum atomic E-state index is 1.13. The summed E-state index contributed by atoms with van der Waals surface area (Å²) in [6, 6.07) is 0. The Hall–Kier alpha value is -0.590. The lowest BCUT2D eigenvalue weighted by atomic mass is 10.1. The van der Waals surface area contributed by atoms with Crippen molar-refractivity contribution in [3.05, 3.63) is 11.8 Å². The van der Waals surface area contributed by atoms with E-state index in [0.29, 0.717) is 0 Å². The number of aliphatic imine (C=N–C) groups is 1. The van der Waals surface area contributed by atoms with Gasteiger partial charge in [0.1, 0.15) is 0 Å². The zero-order chi connectivity index (χ0) is 7.82. The average Bonchev–Trinajstić information content (AvgIpc) is 1.98. The van der Waals surface area contributed by atoms with Crippen molar-refractivity contribution in [2.75, 3.05) is 0 Å². The Morgan fingerprint density at radius 2 is 2.10 bits per heavy atom. The molecule has 0 bridgehead atoms. The van der Waals surface area contributed by atoms with E-state index in [9.17, 15) is 0 Å². The van der Waals surface area contributed by atoms with Crippen LogP contribution >= 0.6 is 0 Å². The second-order valence-corrected chi connectivity index (χ2v) is 2.30. The molecule has 1 nitrogen and oxygen atoms in total. The topological polar surface area (TPSA) is 12.4 Å². The lowest BCUT2D eigenvalue weighted by molar-refractivity contribution is 0.854. The van der Waals surface area contributed by atoms with Gasteiger partial charge < -0.3 is 0 Å². The van der Waals surface area contributed by atoms with Gasteiger partial charge in [-0.25, -0.2) is 0 Å². The van der Waals surface area contributed by atoms with Gasteiger partial charge in [-0.15, -0.1) is 0 Å². The summed E-state index contributed by atoms with van der Waals surface area (Å²) in [4.78, 5) is 4.07. The molecule has 1 heteroatoms. The minimum absolute atomic E-state index is 1.13. The maximum Gasteiger partial charge on any atom is 0.0255 e. The fraction of sp³-hybridized carbons (Fsp3) is 0.667. The average molecular weight is 139 g/mol. The Balaban J connectivity index is 3.78. The van der Waals surface area contributed by atoms with Gasteiger partial charge >= 0.3 is 0 Å². The Morgan fingerprint density at radius 3 is 2.50 bits per heavy atom. The Morgan fingerprint density at radius 1 is 1.40 bits per heavy atom. The van der Waals surface area contributed by atoms with Gasteiger partial charge in [0.25, 0.3) is 0 Å². The minimum Gasteiger partial charge on any atom is -0.269 e. The molecule has 0 aliphatic heterocycles. The summed E-state index contributed by atoms with van der Waals surface area (Å²) in [6.07, 6.45) is 7.34. The first kappa shape index (κ1) is 9.41. The number of hydrogen-bond donors (Lipinski definition) is 0. The normalized spacial score (nSPS) is 12.9. The highest BCUT2D eigenvalue weighted by Crippen LogP contribution is 2.08. The summed E-state index contributed by atoms with van der Waals surface area (Å²) in [5.41, 5.74) is 1.45. The third-order valence-corrected chi connectivity index (χ3v) is 1.43. The number of rotatable bonds is 4. The maximum atomic E-state index is 4.07. The molecule has 0 radical (unpaired) electrons. The number of hydrogen-bond acceptors (Lipinski definition) is 1. The van der Waals surface area contributed by atoms with Crippen molar-refractivity contribution in [1.82, 2.24) is 0 Å². The SMILES string of the molecule is CC=N/C=C(/CC)CCC. The van der Waals surface area contributed by atoms with E-state index in [2.05, 4.69) is 18.8 Å². The largest absolute Gasteiger partial charge is 0.269 e. The van der Waals surface area contributed by atoms with Gasteiger partial charge in [-0.1, -0.05) is 25.8 Å². The van der Waals surface area contributed by atoms with Crippen LogP contribution in [-0.4, -0.2) is 6.21 Å². The summed E-state index contributed by atoms with van der Waals surface area (Å²) in [6.45, 7) is 6.31. The molecule has 0 N–H and O–H groups in total. The van der Waals surface area contributed by atoms with Crippen molar-refractivity contribution >= 4 is 6.21 Å². The summed E-state index contributed by atoms with van der Waals surface area (Å²) in [7, 11) is 0. The molecule has 0 heterocycles. The number of nitrogens with zero attached hydrogens (tertiary/aromatic N) is 1. The fourth-order valence-electron chi connectivity index (χ4n) is 0.834. The zero-order valence-electron chi connectivity index (χ0n) is 7.22. The molecule has 0 aromatic carbocycles. The molecule has 0 spiro atoms. The van der Waals surface area contributed by atoms with Crippen LogP contribution in [0.2, 0.25) is 0 Å². The molecule has 0 saturated heterocycles. The first-order chi connectivity index (χ1) is 4.85. The summed E-state index contributed by atoms with van der Waals surface area (Å²) in [5.74, 6) is 0. The highest BCUT2D eigenvalue weighted by Gasteiger charge is 1.88. The molecule has 0 atom stereocenters. The van der Waals surface area contributed by atoms with Crippen molar-refractivity contribution in [2.24, 2.45) is 4.99 Å². The molecular weight excluding hydrogens is 122 g/mol. The van der Waals surface area contributed by atoms with Crippen LogP contribution < -0.4 is 0 Å². The Bertz CT molecular complexity index is 123. The molecule has 0 aliphatic rings. The van der Waals surface area contributed by atoms with Gasteiger partial charge in [0.2, 0.25) is 0 Å². The Labute approximate surface area is 63.9 Å². The molecule has 0 unspecified atom stereocenters. The summed E-state index contributed by atoms with van der Waals surface area (Å²) in [5, 5.41) is 0. The van der Waals surface area contributed by atoms with E-state index in [0.717, 1.165) is 6.42 Å². The van der Waals surface area contributed by atoms with E-state index < -0.39 is 0 Å². The molecule has 0 rings (SSSR count). The van der Waals surface area contributed by atoms with Crippen LogP contribution in [0.4, 0.5) is 0 Å². The van der Waals surface area contributed by atoms with E-state index >= 15 is 0 Å². The highest BCUT2D eigenvalue weighted by molar-refractivity contribution is 5.54. The van der Waals surface area contributed by atoms with E-state index in [1.54, 1.807) is 0 Å². The summed E-state index contributed by atoms with van der Waals surface area (Å²) >= 11 is 0. The molecule has 0 aliphatic carbocycles. The molecular formula is C9H17N. The van der Waals surface area contributed by atoms with Gasteiger partial charge in [0.05, 0.1) is 0 Å². The van der Waals surface area contributed by atoms with Crippen LogP contribution in [0.1, 0.15) is 40.0 Å². The van der Waals surface area contributed by atoms with Crippen LogP contribution in [0.25, 0.3) is 0 Å². The van der Waals surface area contributed by atoms with Crippen LogP contribution in [0.3, 0.4) is 0 Å². The third kappa shape index (κ3) is 4.30. The first-order valence-electron chi connectivity index (χ1n) is 4.00. The molecule has 10 heavy (non-hydrogen) atoms. The molecule has 0 fully saturated rings. The molecule has 0 amide bonds. The lowest BCUT2D eigenvalue weighted by Crippen LogP contribution is -1.78. The molecule has 0 aromatic heterocycles. The van der Waals surface area contributed by atoms with E-state index in [1.807, 2.05) is 19.3 Å². The molecule has 58 valence electrons. The third-order valence-electron chi connectivity index (χ3n) is 1.43. The summed E-state index contributed by atoms with van der Waals surface area (Å²) < 4.78 is 0. The van der Waals surface area contributed by atoms with Crippen molar-refractivity contribution in [3.8, 4) is 0 Å². The predicted molar refractivity (Wildman–Crippen MR) is 47.4 cm³/mol. The monoisotopic (exact) mass is 139 g/mol. The first-order valence-corrected chi connectivity index (χ1v) is 4.00. The van der Waals surface area contributed by atoms with Gasteiger partial charge in [-0.3, -0.25) is 4.99 Å². The highest BCUT2D eigenvalue weighted by atomic mass is 14.7. The van der Waals surface area contributed by atoms with E-state index in [1.165, 1.54) is 18.4 Å². The predicted octanol–water partition coefficient (Wildman–Crippen LogP) is 3.17. The maximum absolute atomic E-state index is 4.07. The van der Waals surface area contributed by atoms with Crippen molar-refractivity contribution < 1.29 is 0 Å². The quantitative estimate of drug-likeness (QED) is 0.530. The van der Waals surface area contributed by atoms with Crippen LogP contribution in [0.15, 0.2) is 16.8 Å². The molecule has 0 saturated carbocycles. The van der Waals surface area contributed by atoms with Crippen molar-refractivity contribution in [2.45, 2.75) is 40.0 Å². The van der Waals surface area contributed by atoms with Crippen molar-refractivity contribution in [1.29, 1.82) is 0 Å². The van der Waals surface area contributed by atoms with Crippen molar-refractivity contribution in [3.63, 3.8) is 0 Å². The fourth-order valence-corrected chi connectivity index (χ4v) is 0.834. The van der Waals surface area contributed by atoms with E-state index in [4.69, 9.17) is 0 Å². The van der Waals surface area contributed by atoms with Gasteiger partial charge in [0, 0.05) is 12.4 Å². The second-order valence-electron chi connectivity index (χ2n) is 2.30. The van der Waals surface area contributed by atoms with Crippen LogP contribution in [0.5, 0.6) is 0 Å². The Kier molecular flexibility index (Phi) is 6.14. The second kappa shape index (κ2) is 6.53. The smallest absolute Gasteiger partial charge is 0.0255 e. The number of allylic oxidation sites excluding steroid dienone is 1. The van der Waals surface area contributed by atoms with Crippen LogP contribution in [0, 0.1) is 0 Å². The lowest BCUT2D eigenvalue weighted by Gasteiger charge is -1.97. The van der Waals surface area contributed by atoms with Gasteiger partial charge in [-0.05, 0) is 19.8 Å². The zero-order valence-corrected chi connectivity index (χ0v) is 7.22. The standard InChI is InChI=1S/C9H17N/c1-4-7-9(5-2)8-10-6-3/h6,8H,4-5,7H2,1-3H3/b9-8-,10-6?. The molecule has 0 aromatic rings. The van der Waals surface area contributed by atoms with Gasteiger partial charge in [-0.2, -0.15) is 0 Å². The van der Waals surface area contributed by atoms with E-state index in [-0.39, 0.29) is 0 Å².